The van der Waals surface area contributed by atoms with E-state index in [4.69, 9.17) is 0 Å². The Kier molecular flexibility index (Phi) is 2.60. The Bertz CT molecular complexity index is 524. The highest BCUT2D eigenvalue weighted by Crippen LogP contribution is 2.13. The van der Waals surface area contributed by atoms with E-state index >= 15 is 0 Å². The van der Waals surface area contributed by atoms with Gasteiger partial charge in [-0.3, -0.25) is 14.2 Å². The van der Waals surface area contributed by atoms with Crippen LogP contribution in [0.2, 0.25) is 0 Å². The highest BCUT2D eigenvalue weighted by Gasteiger charge is 2.17. The van der Waals surface area contributed by atoms with Gasteiger partial charge in [-0.15, -0.1) is 0 Å². The molecule has 0 spiro atoms. The maximum Gasteiger partial charge on any atom is 0.199 e. The zero-order chi connectivity index (χ0) is 11.7. The van der Waals surface area contributed by atoms with Gasteiger partial charge in [0.1, 0.15) is 0 Å². The van der Waals surface area contributed by atoms with E-state index < -0.39 is 0 Å². The summed E-state index contributed by atoms with van der Waals surface area (Å²) in [5.74, 6) is -0.0157. The van der Waals surface area contributed by atoms with Gasteiger partial charge >= 0.3 is 0 Å². The maximum atomic E-state index is 12.1. The third-order valence-electron chi connectivity index (χ3n) is 2.45. The zero-order valence-electron chi connectivity index (χ0n) is 9.64. The molecule has 0 fully saturated rings. The van der Waals surface area contributed by atoms with Gasteiger partial charge in [0.05, 0.1) is 23.0 Å². The van der Waals surface area contributed by atoms with E-state index in [1.807, 2.05) is 14.0 Å². The molecule has 0 aromatic carbocycles. The van der Waals surface area contributed by atoms with Gasteiger partial charge in [0.2, 0.25) is 0 Å². The van der Waals surface area contributed by atoms with Gasteiger partial charge < -0.3 is 0 Å². The summed E-state index contributed by atoms with van der Waals surface area (Å²) in [5, 5.41) is 8.25. The zero-order valence-corrected chi connectivity index (χ0v) is 9.64. The van der Waals surface area contributed by atoms with Crippen molar-refractivity contribution in [2.45, 2.75) is 13.3 Å². The summed E-state index contributed by atoms with van der Waals surface area (Å²) in [7, 11) is 3.61. The van der Waals surface area contributed by atoms with Crippen molar-refractivity contribution >= 4 is 5.78 Å². The second kappa shape index (κ2) is 3.92. The molecule has 0 saturated heterocycles. The number of ketones is 1. The van der Waals surface area contributed by atoms with Crippen molar-refractivity contribution in [3.8, 4) is 0 Å². The molecule has 0 aliphatic rings. The fourth-order valence-electron chi connectivity index (χ4n) is 1.68. The third kappa shape index (κ3) is 1.76. The van der Waals surface area contributed by atoms with Crippen molar-refractivity contribution < 1.29 is 4.79 Å². The molecule has 2 aromatic rings. The van der Waals surface area contributed by atoms with Crippen molar-refractivity contribution in [3.05, 3.63) is 35.4 Å². The molecule has 2 heterocycles. The van der Waals surface area contributed by atoms with Crippen LogP contribution in [-0.2, 0) is 20.5 Å². The Labute approximate surface area is 93.7 Å². The van der Waals surface area contributed by atoms with Crippen molar-refractivity contribution in [2.75, 3.05) is 0 Å². The summed E-state index contributed by atoms with van der Waals surface area (Å²) in [4.78, 5) is 12.1. The second-order valence-corrected chi connectivity index (χ2v) is 3.75. The molecule has 0 atom stereocenters. The quantitative estimate of drug-likeness (QED) is 0.721. The Morgan fingerprint density at radius 1 is 1.31 bits per heavy atom. The number of carbonyl (C=O) groups excluding carboxylic acids is 1. The predicted molar refractivity (Wildman–Crippen MR) is 59.2 cm³/mol. The minimum absolute atomic E-state index is 0.0157. The smallest absolute Gasteiger partial charge is 0.199 e. The standard InChI is InChI=1S/C11H14N4O/c1-4-10-9(7-15(3)13-10)11(16)8-5-12-14(2)6-8/h5-7H,4H2,1-3H3. The van der Waals surface area contributed by atoms with Crippen LogP contribution in [0.5, 0.6) is 0 Å². The largest absolute Gasteiger partial charge is 0.288 e. The lowest BCUT2D eigenvalue weighted by atomic mass is 10.1. The van der Waals surface area contributed by atoms with Gasteiger partial charge in [0.25, 0.3) is 0 Å². The summed E-state index contributed by atoms with van der Waals surface area (Å²) in [6.07, 6.45) is 5.81. The molecule has 2 aromatic heterocycles. The van der Waals surface area contributed by atoms with Crippen LogP contribution in [0.15, 0.2) is 18.6 Å². The van der Waals surface area contributed by atoms with Gasteiger partial charge in [-0.05, 0) is 6.42 Å². The molecule has 0 bridgehead atoms. The molecule has 0 amide bonds. The van der Waals surface area contributed by atoms with Gasteiger partial charge in [-0.25, -0.2) is 0 Å². The van der Waals surface area contributed by atoms with Crippen LogP contribution in [0.3, 0.4) is 0 Å². The van der Waals surface area contributed by atoms with E-state index in [0.29, 0.717) is 11.1 Å². The van der Waals surface area contributed by atoms with E-state index in [1.165, 1.54) is 0 Å². The average Bonchev–Trinajstić information content (AvgIpc) is 2.83. The molecule has 0 unspecified atom stereocenters. The van der Waals surface area contributed by atoms with Crippen molar-refractivity contribution in [1.82, 2.24) is 19.6 Å². The number of nitrogens with zero attached hydrogens (tertiary/aromatic N) is 4. The van der Waals surface area contributed by atoms with Crippen LogP contribution in [0.1, 0.15) is 28.5 Å². The van der Waals surface area contributed by atoms with E-state index in [-0.39, 0.29) is 5.78 Å². The molecule has 0 N–H and O–H groups in total. The molecule has 5 heteroatoms. The first-order valence-corrected chi connectivity index (χ1v) is 5.17. The Morgan fingerprint density at radius 3 is 2.62 bits per heavy atom. The van der Waals surface area contributed by atoms with Gasteiger partial charge in [0, 0.05) is 26.5 Å². The number of carbonyl (C=O) groups is 1. The molecule has 0 aliphatic heterocycles. The first kappa shape index (κ1) is 10.6. The summed E-state index contributed by atoms with van der Waals surface area (Å²) in [6.45, 7) is 1.99. The lowest BCUT2D eigenvalue weighted by molar-refractivity contribution is 0.103. The first-order valence-electron chi connectivity index (χ1n) is 5.17. The van der Waals surface area contributed by atoms with Gasteiger partial charge in [0.15, 0.2) is 5.78 Å². The van der Waals surface area contributed by atoms with Crippen molar-refractivity contribution in [2.24, 2.45) is 14.1 Å². The number of hydrogen-bond acceptors (Lipinski definition) is 3. The number of rotatable bonds is 3. The van der Waals surface area contributed by atoms with Crippen LogP contribution in [-0.4, -0.2) is 25.3 Å². The lowest BCUT2D eigenvalue weighted by Gasteiger charge is -1.95. The normalized spacial score (nSPS) is 10.7. The third-order valence-corrected chi connectivity index (χ3v) is 2.45. The highest BCUT2D eigenvalue weighted by molar-refractivity contribution is 6.09. The van der Waals surface area contributed by atoms with Crippen LogP contribution in [0.25, 0.3) is 0 Å². The molecular weight excluding hydrogens is 204 g/mol. The summed E-state index contributed by atoms with van der Waals surface area (Å²) in [6, 6.07) is 0. The van der Waals surface area contributed by atoms with E-state index in [9.17, 15) is 4.79 Å². The minimum Gasteiger partial charge on any atom is -0.288 e. The van der Waals surface area contributed by atoms with Crippen molar-refractivity contribution in [1.29, 1.82) is 0 Å². The second-order valence-electron chi connectivity index (χ2n) is 3.75. The van der Waals surface area contributed by atoms with Crippen molar-refractivity contribution in [3.63, 3.8) is 0 Å². The van der Waals surface area contributed by atoms with Crippen LogP contribution >= 0.6 is 0 Å². The SMILES string of the molecule is CCc1nn(C)cc1C(=O)c1cnn(C)c1. The monoisotopic (exact) mass is 218 g/mol. The van der Waals surface area contributed by atoms with Gasteiger partial charge in [-0.2, -0.15) is 10.2 Å². The van der Waals surface area contributed by atoms with Crippen LogP contribution in [0, 0.1) is 0 Å². The summed E-state index contributed by atoms with van der Waals surface area (Å²) < 4.78 is 3.29. The van der Waals surface area contributed by atoms with E-state index in [0.717, 1.165) is 12.1 Å². The molecule has 84 valence electrons. The fraction of sp³-hybridized carbons (Fsp3) is 0.364. The molecule has 16 heavy (non-hydrogen) atoms. The molecule has 2 rings (SSSR count). The van der Waals surface area contributed by atoms with E-state index in [2.05, 4.69) is 10.2 Å². The minimum atomic E-state index is -0.0157. The topological polar surface area (TPSA) is 52.7 Å². The summed E-state index contributed by atoms with van der Waals surface area (Å²) in [5.41, 5.74) is 2.10. The molecule has 0 aliphatic carbocycles. The lowest BCUT2D eigenvalue weighted by Crippen LogP contribution is -2.02. The fourth-order valence-corrected chi connectivity index (χ4v) is 1.68. The number of aryl methyl sites for hydroxylation is 3. The van der Waals surface area contributed by atoms with Gasteiger partial charge in [-0.1, -0.05) is 6.92 Å². The first-order chi connectivity index (χ1) is 7.61. The Hall–Kier alpha value is -1.91. The molecule has 0 saturated carbocycles. The average molecular weight is 218 g/mol. The Balaban J connectivity index is 2.40. The number of hydrogen-bond donors (Lipinski definition) is 0. The van der Waals surface area contributed by atoms with E-state index in [1.54, 1.807) is 35.0 Å². The Morgan fingerprint density at radius 2 is 2.06 bits per heavy atom. The molecule has 0 radical (unpaired) electrons. The molecular formula is C11H14N4O. The van der Waals surface area contributed by atoms with Crippen LogP contribution in [0.4, 0.5) is 0 Å². The predicted octanol–water partition coefficient (Wildman–Crippen LogP) is 0.947. The maximum absolute atomic E-state index is 12.1. The molecule has 5 nitrogen and oxygen atoms in total. The highest BCUT2D eigenvalue weighted by atomic mass is 16.1. The summed E-state index contributed by atoms with van der Waals surface area (Å²) >= 11 is 0. The number of aromatic nitrogens is 4. The van der Waals surface area contributed by atoms with Crippen LogP contribution < -0.4 is 0 Å².